The Bertz CT molecular complexity index is 354. The zero-order chi connectivity index (χ0) is 7.84. The van der Waals surface area contributed by atoms with Crippen LogP contribution in [-0.4, -0.2) is 19.6 Å². The van der Waals surface area contributed by atoms with Crippen LogP contribution in [0.25, 0.3) is 5.78 Å². The summed E-state index contributed by atoms with van der Waals surface area (Å²) in [4.78, 5) is 8.03. The molecule has 0 bridgehead atoms. The van der Waals surface area contributed by atoms with Gasteiger partial charge in [-0.3, -0.25) is 0 Å². The average Bonchev–Trinajstić information content (AvgIpc) is 2.36. The van der Waals surface area contributed by atoms with Crippen LogP contribution in [0, 0.1) is 20.2 Å². The van der Waals surface area contributed by atoms with Crippen LogP contribution >= 0.6 is 0 Å². The van der Waals surface area contributed by atoms with Crippen molar-refractivity contribution in [2.45, 2.75) is 13.8 Å². The van der Waals surface area contributed by atoms with Gasteiger partial charge >= 0.3 is 0 Å². The van der Waals surface area contributed by atoms with Crippen LogP contribution in [0.15, 0.2) is 6.20 Å². The second kappa shape index (κ2) is 2.02. The first kappa shape index (κ1) is 6.27. The summed E-state index contributed by atoms with van der Waals surface area (Å²) in [5.74, 6) is 0.605. The Hall–Kier alpha value is -1.45. The predicted molar refractivity (Wildman–Crippen MR) is 39.1 cm³/mol. The highest BCUT2D eigenvalue weighted by molar-refractivity contribution is 5.29. The highest BCUT2D eigenvalue weighted by Crippen LogP contribution is 2.02. The van der Waals surface area contributed by atoms with Crippen molar-refractivity contribution in [3.63, 3.8) is 0 Å². The average molecular weight is 147 g/mol. The molecular weight excluding hydrogens is 140 g/mol. The van der Waals surface area contributed by atoms with E-state index < -0.39 is 0 Å². The van der Waals surface area contributed by atoms with E-state index in [0.717, 1.165) is 11.3 Å². The Morgan fingerprint density at radius 3 is 3.09 bits per heavy atom. The molecule has 0 amide bonds. The van der Waals surface area contributed by atoms with Gasteiger partial charge in [0.2, 0.25) is 6.33 Å². The van der Waals surface area contributed by atoms with Crippen LogP contribution < -0.4 is 0 Å². The van der Waals surface area contributed by atoms with Gasteiger partial charge in [-0.25, -0.2) is 9.50 Å². The normalized spacial score (nSPS) is 10.7. The smallest absolute Gasteiger partial charge is 0.216 e. The summed E-state index contributed by atoms with van der Waals surface area (Å²) in [6, 6.07) is 0. The Labute approximate surface area is 63.9 Å². The fourth-order valence-corrected chi connectivity index (χ4v) is 0.889. The molecule has 0 unspecified atom stereocenters. The van der Waals surface area contributed by atoms with E-state index in [0.29, 0.717) is 5.78 Å². The first-order chi connectivity index (χ1) is 5.27. The van der Waals surface area contributed by atoms with Gasteiger partial charge in [-0.05, 0) is 19.4 Å². The first-order valence-corrected chi connectivity index (χ1v) is 3.34. The second-order valence-corrected chi connectivity index (χ2v) is 2.47. The minimum atomic E-state index is 0.605. The van der Waals surface area contributed by atoms with Crippen molar-refractivity contribution in [3.05, 3.63) is 23.8 Å². The minimum Gasteiger partial charge on any atom is -0.216 e. The molecule has 1 radical (unpaired) electrons. The van der Waals surface area contributed by atoms with Gasteiger partial charge in [0, 0.05) is 11.9 Å². The van der Waals surface area contributed by atoms with E-state index in [1.165, 1.54) is 0 Å². The van der Waals surface area contributed by atoms with Crippen molar-refractivity contribution in [3.8, 4) is 0 Å². The van der Waals surface area contributed by atoms with Gasteiger partial charge in [0.1, 0.15) is 0 Å². The van der Waals surface area contributed by atoms with Gasteiger partial charge in [0.15, 0.2) is 0 Å². The number of nitrogens with zero attached hydrogens (tertiary/aromatic N) is 4. The minimum absolute atomic E-state index is 0.605. The summed E-state index contributed by atoms with van der Waals surface area (Å²) in [6.45, 7) is 3.94. The topological polar surface area (TPSA) is 43.1 Å². The molecule has 4 nitrogen and oxygen atoms in total. The molecule has 0 saturated carbocycles. The summed E-state index contributed by atoms with van der Waals surface area (Å²) >= 11 is 0. The van der Waals surface area contributed by atoms with E-state index in [-0.39, 0.29) is 0 Å². The van der Waals surface area contributed by atoms with Gasteiger partial charge in [0.25, 0.3) is 5.78 Å². The maximum Gasteiger partial charge on any atom is 0.253 e. The third-order valence-corrected chi connectivity index (χ3v) is 1.66. The first-order valence-electron chi connectivity index (χ1n) is 3.34. The van der Waals surface area contributed by atoms with Gasteiger partial charge in [0.05, 0.1) is 0 Å². The summed E-state index contributed by atoms with van der Waals surface area (Å²) in [5.41, 5.74) is 2.09. The molecule has 0 saturated heterocycles. The van der Waals surface area contributed by atoms with Gasteiger partial charge in [-0.15, -0.1) is 5.10 Å². The zero-order valence-electron chi connectivity index (χ0n) is 6.37. The van der Waals surface area contributed by atoms with E-state index in [1.54, 1.807) is 4.52 Å². The van der Waals surface area contributed by atoms with E-state index >= 15 is 0 Å². The Balaban J connectivity index is 2.86. The summed E-state index contributed by atoms with van der Waals surface area (Å²) < 4.78 is 1.61. The van der Waals surface area contributed by atoms with Crippen LogP contribution in [0.3, 0.4) is 0 Å². The highest BCUT2D eigenvalue weighted by atomic mass is 15.3. The highest BCUT2D eigenvalue weighted by Gasteiger charge is 1.99. The number of rotatable bonds is 0. The Kier molecular flexibility index (Phi) is 1.15. The molecule has 2 heterocycles. The molecule has 55 valence electrons. The maximum atomic E-state index is 4.19. The molecule has 0 fully saturated rings. The molecule has 0 aliphatic rings. The summed E-state index contributed by atoms with van der Waals surface area (Å²) in [7, 11) is 0. The van der Waals surface area contributed by atoms with Crippen molar-refractivity contribution < 1.29 is 0 Å². The predicted octanol–water partition coefficient (Wildman–Crippen LogP) is 0.541. The van der Waals surface area contributed by atoms with E-state index in [2.05, 4.69) is 21.4 Å². The molecule has 4 heteroatoms. The monoisotopic (exact) mass is 147 g/mol. The Morgan fingerprint density at radius 1 is 1.45 bits per heavy atom. The molecule has 0 N–H and O–H groups in total. The number of aryl methyl sites for hydroxylation is 2. The molecular formula is C7H7N4. The summed E-state index contributed by atoms with van der Waals surface area (Å²) in [5, 5.41) is 3.84. The molecule has 11 heavy (non-hydrogen) atoms. The molecule has 0 aromatic carbocycles. The lowest BCUT2D eigenvalue weighted by atomic mass is 10.3. The van der Waals surface area contributed by atoms with E-state index in [9.17, 15) is 0 Å². The van der Waals surface area contributed by atoms with Gasteiger partial charge < -0.3 is 0 Å². The van der Waals surface area contributed by atoms with Crippen LogP contribution in [-0.2, 0) is 0 Å². The second-order valence-electron chi connectivity index (χ2n) is 2.47. The lowest BCUT2D eigenvalue weighted by molar-refractivity contribution is 0.911. The largest absolute Gasteiger partial charge is 0.253 e. The zero-order valence-corrected chi connectivity index (χ0v) is 6.37. The van der Waals surface area contributed by atoms with Crippen LogP contribution in [0.1, 0.15) is 11.3 Å². The molecule has 0 spiro atoms. The molecule has 2 rings (SSSR count). The van der Waals surface area contributed by atoms with Crippen LogP contribution in [0.4, 0.5) is 0 Å². The lowest BCUT2D eigenvalue weighted by Gasteiger charge is -1.97. The molecule has 2 aromatic heterocycles. The summed E-state index contributed by atoms with van der Waals surface area (Å²) in [6.07, 6.45) is 4.38. The maximum absolute atomic E-state index is 4.19. The van der Waals surface area contributed by atoms with Gasteiger partial charge in [-0.1, -0.05) is 0 Å². The van der Waals surface area contributed by atoms with Crippen molar-refractivity contribution in [1.82, 2.24) is 19.6 Å². The quantitative estimate of drug-likeness (QED) is 0.546. The van der Waals surface area contributed by atoms with E-state index in [4.69, 9.17) is 0 Å². The van der Waals surface area contributed by atoms with Crippen molar-refractivity contribution in [1.29, 1.82) is 0 Å². The fourth-order valence-electron chi connectivity index (χ4n) is 0.889. The molecule has 0 aliphatic heterocycles. The number of hydrogen-bond acceptors (Lipinski definition) is 3. The molecule has 0 atom stereocenters. The van der Waals surface area contributed by atoms with Crippen molar-refractivity contribution >= 4 is 5.78 Å². The molecule has 2 aromatic rings. The SMILES string of the molecule is Cc1cn2n[c]nc2nc1C. The third kappa shape index (κ3) is 0.869. The van der Waals surface area contributed by atoms with Crippen LogP contribution in [0.5, 0.6) is 0 Å². The standard InChI is InChI=1S/C7H7N4/c1-5-3-11-7(8-4-9-11)10-6(5)2/h3H,1-2H3. The van der Waals surface area contributed by atoms with Crippen molar-refractivity contribution in [2.24, 2.45) is 0 Å². The number of hydrogen-bond donors (Lipinski definition) is 0. The number of aromatic nitrogens is 4. The van der Waals surface area contributed by atoms with Crippen molar-refractivity contribution in [2.75, 3.05) is 0 Å². The third-order valence-electron chi connectivity index (χ3n) is 1.66. The fraction of sp³-hybridized carbons (Fsp3) is 0.286. The van der Waals surface area contributed by atoms with E-state index in [1.807, 2.05) is 20.0 Å². The lowest BCUT2D eigenvalue weighted by Crippen LogP contribution is -1.95. The molecule has 0 aliphatic carbocycles. The Morgan fingerprint density at radius 2 is 2.27 bits per heavy atom. The number of fused-ring (bicyclic) bond motifs is 1. The van der Waals surface area contributed by atoms with Gasteiger partial charge in [-0.2, -0.15) is 4.98 Å². The van der Waals surface area contributed by atoms with Crippen LogP contribution in [0.2, 0.25) is 0 Å².